The van der Waals surface area contributed by atoms with Crippen LogP contribution in [-0.2, 0) is 5.41 Å². The maximum absolute atomic E-state index is 5.28. The second-order valence-corrected chi connectivity index (χ2v) is 14.1. The maximum atomic E-state index is 5.28. The van der Waals surface area contributed by atoms with E-state index in [-0.39, 0.29) is 0 Å². The SMILES string of the molecule is C1=Cc2ccc(-c3cc(-c4ccccc4)nc(-c4ccccc4)n3)cc2C2(c3ccccc31)c1ccccc1-c1c2c2ccccc2c2ccccc12. The molecule has 1 unspecified atom stereocenters. The Labute approximate surface area is 308 Å². The van der Waals surface area contributed by atoms with Gasteiger partial charge in [0, 0.05) is 16.7 Å². The second kappa shape index (κ2) is 11.6. The number of rotatable bonds is 3. The summed E-state index contributed by atoms with van der Waals surface area (Å²) in [6.45, 7) is 0. The van der Waals surface area contributed by atoms with Gasteiger partial charge in [-0.25, -0.2) is 9.97 Å². The molecule has 0 radical (unpaired) electrons. The zero-order valence-electron chi connectivity index (χ0n) is 28.9. The van der Waals surface area contributed by atoms with Crippen molar-refractivity contribution in [2.24, 2.45) is 0 Å². The highest BCUT2D eigenvalue weighted by molar-refractivity contribution is 6.19. The molecule has 2 aliphatic carbocycles. The Balaban J connectivity index is 1.27. The van der Waals surface area contributed by atoms with E-state index in [2.05, 4.69) is 170 Å². The lowest BCUT2D eigenvalue weighted by Crippen LogP contribution is -2.30. The number of aromatic nitrogens is 2. The molecule has 8 aromatic carbocycles. The Hall–Kier alpha value is -6.90. The quantitative estimate of drug-likeness (QED) is 0.175. The van der Waals surface area contributed by atoms with Gasteiger partial charge in [-0.1, -0.05) is 182 Å². The average molecular weight is 673 g/mol. The van der Waals surface area contributed by atoms with Crippen LogP contribution < -0.4 is 0 Å². The fraction of sp³-hybridized carbons (Fsp3) is 0.0196. The summed E-state index contributed by atoms with van der Waals surface area (Å²) >= 11 is 0. The lowest BCUT2D eigenvalue weighted by molar-refractivity contribution is 0.774. The van der Waals surface area contributed by atoms with Crippen LogP contribution in [0, 0.1) is 0 Å². The lowest BCUT2D eigenvalue weighted by atomic mass is 9.64. The highest BCUT2D eigenvalue weighted by Gasteiger charge is 2.50. The van der Waals surface area contributed by atoms with Crippen LogP contribution in [0.25, 0.3) is 78.7 Å². The average Bonchev–Trinajstić information content (AvgIpc) is 3.47. The van der Waals surface area contributed by atoms with Crippen LogP contribution in [-0.4, -0.2) is 9.97 Å². The largest absolute Gasteiger partial charge is 0.228 e. The third kappa shape index (κ3) is 4.33. The molecule has 0 fully saturated rings. The normalized spacial score (nSPS) is 15.2. The predicted molar refractivity (Wildman–Crippen MR) is 220 cm³/mol. The van der Waals surface area contributed by atoms with E-state index >= 15 is 0 Å². The molecule has 0 saturated heterocycles. The monoisotopic (exact) mass is 672 g/mol. The third-order valence-electron chi connectivity index (χ3n) is 11.3. The second-order valence-electron chi connectivity index (χ2n) is 14.1. The summed E-state index contributed by atoms with van der Waals surface area (Å²) in [4.78, 5) is 10.4. The fourth-order valence-electron chi connectivity index (χ4n) is 9.10. The summed E-state index contributed by atoms with van der Waals surface area (Å²) in [5, 5.41) is 5.13. The predicted octanol–water partition coefficient (Wildman–Crippen LogP) is 12.6. The molecule has 1 spiro atoms. The summed E-state index contributed by atoms with van der Waals surface area (Å²) in [5.74, 6) is 0.714. The first kappa shape index (κ1) is 29.8. The van der Waals surface area contributed by atoms with Crippen molar-refractivity contribution in [1.82, 2.24) is 9.97 Å². The van der Waals surface area contributed by atoms with Crippen LogP contribution >= 0.6 is 0 Å². The Bertz CT molecular complexity index is 2880. The van der Waals surface area contributed by atoms with E-state index in [0.717, 1.165) is 28.1 Å². The summed E-state index contributed by atoms with van der Waals surface area (Å²) in [6.07, 6.45) is 4.61. The van der Waals surface area contributed by atoms with Crippen molar-refractivity contribution in [3.8, 4) is 45.0 Å². The highest BCUT2D eigenvalue weighted by Crippen LogP contribution is 2.62. The first-order valence-corrected chi connectivity index (χ1v) is 18.3. The molecule has 2 heteroatoms. The van der Waals surface area contributed by atoms with E-state index in [1.54, 1.807) is 0 Å². The van der Waals surface area contributed by atoms with Crippen molar-refractivity contribution < 1.29 is 0 Å². The number of fused-ring (bicyclic) bond motifs is 14. The van der Waals surface area contributed by atoms with Crippen molar-refractivity contribution in [2.45, 2.75) is 5.41 Å². The molecule has 11 rings (SSSR count). The van der Waals surface area contributed by atoms with Gasteiger partial charge in [0.1, 0.15) is 0 Å². The van der Waals surface area contributed by atoms with Crippen LogP contribution in [0.15, 0.2) is 182 Å². The molecule has 0 N–H and O–H groups in total. The molecule has 0 bridgehead atoms. The first-order chi connectivity index (χ1) is 26.3. The molecule has 0 aliphatic heterocycles. The third-order valence-corrected chi connectivity index (χ3v) is 11.3. The van der Waals surface area contributed by atoms with E-state index < -0.39 is 5.41 Å². The van der Waals surface area contributed by atoms with Gasteiger partial charge in [-0.3, -0.25) is 0 Å². The molecule has 1 aromatic heterocycles. The van der Waals surface area contributed by atoms with Crippen LogP contribution in [0.3, 0.4) is 0 Å². The summed E-state index contributed by atoms with van der Waals surface area (Å²) < 4.78 is 0. The van der Waals surface area contributed by atoms with Crippen LogP contribution in [0.1, 0.15) is 33.4 Å². The molecule has 246 valence electrons. The topological polar surface area (TPSA) is 25.8 Å². The van der Waals surface area contributed by atoms with Gasteiger partial charge in [-0.2, -0.15) is 0 Å². The van der Waals surface area contributed by atoms with Gasteiger partial charge in [0.05, 0.1) is 16.8 Å². The number of benzene rings is 8. The maximum Gasteiger partial charge on any atom is 0.160 e. The van der Waals surface area contributed by atoms with Gasteiger partial charge in [0.15, 0.2) is 5.82 Å². The molecular formula is C51H32N2. The standard InChI is InChI=1S/C51H32N2/c1-3-16-35(17-4-1)46-32-47(53-50(52-46)36-18-5-2-6-19-36)37-30-29-34-28-27-33-15-7-13-25-43(33)51(45(34)31-37)44-26-14-12-24-42(44)48-40-22-10-8-20-38(40)39-21-9-11-23-41(39)49(48)51/h1-32H. The number of hydrogen-bond donors (Lipinski definition) is 0. The van der Waals surface area contributed by atoms with Crippen LogP contribution in [0.5, 0.6) is 0 Å². The Morgan fingerprint density at radius 1 is 0.358 bits per heavy atom. The molecule has 0 saturated carbocycles. The van der Waals surface area contributed by atoms with Crippen molar-refractivity contribution in [1.29, 1.82) is 0 Å². The highest BCUT2D eigenvalue weighted by atomic mass is 14.9. The zero-order valence-corrected chi connectivity index (χ0v) is 28.9. The number of hydrogen-bond acceptors (Lipinski definition) is 2. The van der Waals surface area contributed by atoms with Crippen molar-refractivity contribution in [2.75, 3.05) is 0 Å². The van der Waals surface area contributed by atoms with Gasteiger partial charge in [-0.05, 0) is 78.2 Å². The van der Waals surface area contributed by atoms with Gasteiger partial charge in [-0.15, -0.1) is 0 Å². The minimum Gasteiger partial charge on any atom is -0.228 e. The summed E-state index contributed by atoms with van der Waals surface area (Å²) in [5.41, 5.74) is 14.5. The zero-order chi connectivity index (χ0) is 34.9. The molecule has 1 atom stereocenters. The Morgan fingerprint density at radius 3 is 1.66 bits per heavy atom. The minimum atomic E-state index is -0.599. The molecule has 53 heavy (non-hydrogen) atoms. The molecular weight excluding hydrogens is 641 g/mol. The van der Waals surface area contributed by atoms with Gasteiger partial charge in [0.2, 0.25) is 0 Å². The lowest BCUT2D eigenvalue weighted by Gasteiger charge is -2.36. The van der Waals surface area contributed by atoms with E-state index in [1.165, 1.54) is 66.1 Å². The van der Waals surface area contributed by atoms with Crippen molar-refractivity contribution in [3.05, 3.63) is 215 Å². The molecule has 0 amide bonds. The minimum absolute atomic E-state index is 0.599. The molecule has 2 nitrogen and oxygen atoms in total. The first-order valence-electron chi connectivity index (χ1n) is 18.3. The fourth-order valence-corrected chi connectivity index (χ4v) is 9.10. The van der Waals surface area contributed by atoms with E-state index in [0.29, 0.717) is 5.82 Å². The van der Waals surface area contributed by atoms with Crippen molar-refractivity contribution in [3.63, 3.8) is 0 Å². The molecule has 1 heterocycles. The molecule has 2 aliphatic rings. The number of nitrogens with zero attached hydrogens (tertiary/aromatic N) is 2. The van der Waals surface area contributed by atoms with E-state index in [9.17, 15) is 0 Å². The van der Waals surface area contributed by atoms with Gasteiger partial charge >= 0.3 is 0 Å². The Morgan fingerprint density at radius 2 is 0.906 bits per heavy atom. The molecule has 9 aromatic rings. The van der Waals surface area contributed by atoms with Gasteiger partial charge in [0.25, 0.3) is 0 Å². The van der Waals surface area contributed by atoms with Crippen LogP contribution in [0.2, 0.25) is 0 Å². The van der Waals surface area contributed by atoms with Gasteiger partial charge < -0.3 is 0 Å². The van der Waals surface area contributed by atoms with E-state index in [1.807, 2.05) is 24.3 Å². The van der Waals surface area contributed by atoms with Crippen molar-refractivity contribution >= 4 is 33.7 Å². The summed E-state index contributed by atoms with van der Waals surface area (Å²) in [6, 6.07) is 65.9. The summed E-state index contributed by atoms with van der Waals surface area (Å²) in [7, 11) is 0. The Kier molecular flexibility index (Phi) is 6.50. The smallest absolute Gasteiger partial charge is 0.160 e. The van der Waals surface area contributed by atoms with E-state index in [4.69, 9.17) is 9.97 Å². The van der Waals surface area contributed by atoms with Crippen LogP contribution in [0.4, 0.5) is 0 Å².